The number of amides is 1. The third-order valence-corrected chi connectivity index (χ3v) is 5.12. The average molecular weight is 364 g/mol. The minimum absolute atomic E-state index is 0.0599. The number of thioether (sulfide) groups is 1. The van der Waals surface area contributed by atoms with Crippen molar-refractivity contribution < 1.29 is 4.79 Å². The van der Waals surface area contributed by atoms with Crippen molar-refractivity contribution in [1.29, 1.82) is 0 Å². The first-order valence-electron chi connectivity index (χ1n) is 8.75. The van der Waals surface area contributed by atoms with Crippen LogP contribution in [-0.2, 0) is 11.2 Å². The van der Waals surface area contributed by atoms with E-state index < -0.39 is 0 Å². The lowest BCUT2D eigenvalue weighted by Crippen LogP contribution is -2.27. The van der Waals surface area contributed by atoms with E-state index in [4.69, 9.17) is 0 Å². The third-order valence-electron chi connectivity index (χ3n) is 4.19. The lowest BCUT2D eigenvalue weighted by atomic mass is 10.1. The summed E-state index contributed by atoms with van der Waals surface area (Å²) in [7, 11) is 0. The predicted octanol–water partition coefficient (Wildman–Crippen LogP) is 3.23. The van der Waals surface area contributed by atoms with E-state index in [-0.39, 0.29) is 5.91 Å². The van der Waals surface area contributed by atoms with E-state index in [1.807, 2.05) is 53.1 Å². The first-order valence-corrected chi connectivity index (χ1v) is 9.74. The Balaban J connectivity index is 1.57. The minimum Gasteiger partial charge on any atom is -0.353 e. The first kappa shape index (κ1) is 16.8. The van der Waals surface area contributed by atoms with Gasteiger partial charge in [0.05, 0.1) is 5.75 Å². The van der Waals surface area contributed by atoms with Gasteiger partial charge in [-0.05, 0) is 30.5 Å². The summed E-state index contributed by atoms with van der Waals surface area (Å²) in [6.07, 6.45) is 2.88. The van der Waals surface area contributed by atoms with Gasteiger partial charge in [-0.3, -0.25) is 9.36 Å². The molecule has 26 heavy (non-hydrogen) atoms. The Hall–Kier alpha value is -2.60. The van der Waals surface area contributed by atoms with Crippen LogP contribution in [0, 0.1) is 0 Å². The standard InChI is InChI=1S/C20H20N4OS/c25-19(21-16-11-12-16)14-26-20-23-22-18(13-15-7-3-1-4-8-15)24(20)17-9-5-2-6-10-17/h1-10,16H,11-14H2,(H,21,25). The number of carbonyl (C=O) groups is 1. The highest BCUT2D eigenvalue weighted by atomic mass is 32.2. The second kappa shape index (κ2) is 7.74. The number of para-hydroxylation sites is 1. The number of hydrogen-bond acceptors (Lipinski definition) is 4. The van der Waals surface area contributed by atoms with Crippen LogP contribution in [-0.4, -0.2) is 32.5 Å². The number of nitrogens with zero attached hydrogens (tertiary/aromatic N) is 3. The maximum absolute atomic E-state index is 12.0. The van der Waals surface area contributed by atoms with E-state index in [0.29, 0.717) is 18.2 Å². The van der Waals surface area contributed by atoms with Gasteiger partial charge in [0.15, 0.2) is 5.16 Å². The quantitative estimate of drug-likeness (QED) is 0.654. The van der Waals surface area contributed by atoms with E-state index in [1.54, 1.807) is 0 Å². The fourth-order valence-corrected chi connectivity index (χ4v) is 3.53. The van der Waals surface area contributed by atoms with Crippen LogP contribution < -0.4 is 5.32 Å². The maximum atomic E-state index is 12.0. The van der Waals surface area contributed by atoms with Gasteiger partial charge in [-0.2, -0.15) is 0 Å². The lowest BCUT2D eigenvalue weighted by molar-refractivity contribution is -0.118. The Labute approximate surface area is 156 Å². The summed E-state index contributed by atoms with van der Waals surface area (Å²) in [5.41, 5.74) is 2.19. The molecular weight excluding hydrogens is 344 g/mol. The second-order valence-electron chi connectivity index (χ2n) is 6.36. The van der Waals surface area contributed by atoms with Crippen molar-refractivity contribution in [2.24, 2.45) is 0 Å². The van der Waals surface area contributed by atoms with Crippen LogP contribution in [0.5, 0.6) is 0 Å². The molecule has 0 radical (unpaired) electrons. The van der Waals surface area contributed by atoms with Crippen molar-refractivity contribution in [3.05, 3.63) is 72.1 Å². The largest absolute Gasteiger partial charge is 0.353 e. The molecule has 1 N–H and O–H groups in total. The number of benzene rings is 2. The summed E-state index contributed by atoms with van der Waals surface area (Å²) in [5.74, 6) is 1.28. The maximum Gasteiger partial charge on any atom is 0.230 e. The summed E-state index contributed by atoms with van der Waals surface area (Å²) in [5, 5.41) is 12.5. The normalized spacial score (nSPS) is 13.5. The van der Waals surface area contributed by atoms with E-state index in [0.717, 1.165) is 29.5 Å². The van der Waals surface area contributed by atoms with Crippen molar-refractivity contribution >= 4 is 17.7 Å². The van der Waals surface area contributed by atoms with Crippen LogP contribution in [0.1, 0.15) is 24.2 Å². The molecule has 0 bridgehead atoms. The van der Waals surface area contributed by atoms with E-state index in [9.17, 15) is 4.79 Å². The van der Waals surface area contributed by atoms with Gasteiger partial charge in [-0.15, -0.1) is 10.2 Å². The molecular formula is C20H20N4OS. The zero-order chi connectivity index (χ0) is 17.8. The van der Waals surface area contributed by atoms with E-state index in [1.165, 1.54) is 17.3 Å². The molecule has 0 aliphatic heterocycles. The molecule has 3 aromatic rings. The topological polar surface area (TPSA) is 59.8 Å². The summed E-state index contributed by atoms with van der Waals surface area (Å²) < 4.78 is 2.04. The van der Waals surface area contributed by atoms with Crippen LogP contribution in [0.25, 0.3) is 5.69 Å². The highest BCUT2D eigenvalue weighted by molar-refractivity contribution is 7.99. The molecule has 2 aromatic carbocycles. The molecule has 0 atom stereocenters. The van der Waals surface area contributed by atoms with Gasteiger partial charge in [-0.25, -0.2) is 0 Å². The summed E-state index contributed by atoms with van der Waals surface area (Å²) in [4.78, 5) is 12.0. The van der Waals surface area contributed by atoms with Gasteiger partial charge < -0.3 is 5.32 Å². The van der Waals surface area contributed by atoms with Crippen LogP contribution in [0.2, 0.25) is 0 Å². The van der Waals surface area contributed by atoms with Crippen molar-refractivity contribution in [3.8, 4) is 5.69 Å². The average Bonchev–Trinajstić information content (AvgIpc) is 3.40. The Bertz CT molecular complexity index is 875. The van der Waals surface area contributed by atoms with E-state index in [2.05, 4.69) is 27.6 Å². The molecule has 0 spiro atoms. The molecule has 1 aliphatic carbocycles. The zero-order valence-electron chi connectivity index (χ0n) is 14.3. The van der Waals surface area contributed by atoms with Crippen molar-refractivity contribution in [2.45, 2.75) is 30.5 Å². The Morgan fingerprint density at radius 2 is 1.73 bits per heavy atom. The second-order valence-corrected chi connectivity index (χ2v) is 7.31. The highest BCUT2D eigenvalue weighted by Crippen LogP contribution is 2.24. The molecule has 1 aliphatic rings. The summed E-state index contributed by atoms with van der Waals surface area (Å²) in [6, 6.07) is 20.6. The molecule has 0 unspecified atom stereocenters. The molecule has 4 rings (SSSR count). The number of rotatable bonds is 7. The van der Waals surface area contributed by atoms with Gasteiger partial charge >= 0.3 is 0 Å². The predicted molar refractivity (Wildman–Crippen MR) is 102 cm³/mol. The first-order chi connectivity index (χ1) is 12.8. The molecule has 1 heterocycles. The van der Waals surface area contributed by atoms with Gasteiger partial charge in [-0.1, -0.05) is 60.3 Å². The summed E-state index contributed by atoms with van der Waals surface area (Å²) in [6.45, 7) is 0. The Kier molecular flexibility index (Phi) is 5.02. The molecule has 1 amide bonds. The van der Waals surface area contributed by atoms with Crippen molar-refractivity contribution in [1.82, 2.24) is 20.1 Å². The number of aromatic nitrogens is 3. The number of hydrogen-bond donors (Lipinski definition) is 1. The molecule has 132 valence electrons. The highest BCUT2D eigenvalue weighted by Gasteiger charge is 2.23. The zero-order valence-corrected chi connectivity index (χ0v) is 15.2. The van der Waals surface area contributed by atoms with Gasteiger partial charge in [0, 0.05) is 18.2 Å². The lowest BCUT2D eigenvalue weighted by Gasteiger charge is -2.10. The Morgan fingerprint density at radius 3 is 2.42 bits per heavy atom. The Morgan fingerprint density at radius 1 is 1.04 bits per heavy atom. The van der Waals surface area contributed by atoms with Gasteiger partial charge in [0.2, 0.25) is 5.91 Å². The monoisotopic (exact) mass is 364 g/mol. The van der Waals surface area contributed by atoms with Crippen LogP contribution >= 0.6 is 11.8 Å². The van der Waals surface area contributed by atoms with Crippen LogP contribution in [0.3, 0.4) is 0 Å². The van der Waals surface area contributed by atoms with Gasteiger partial charge in [0.25, 0.3) is 0 Å². The molecule has 1 fully saturated rings. The SMILES string of the molecule is O=C(CSc1nnc(Cc2ccccc2)n1-c1ccccc1)NC1CC1. The molecule has 0 saturated heterocycles. The molecule has 6 heteroatoms. The number of nitrogens with one attached hydrogen (secondary N) is 1. The molecule has 1 saturated carbocycles. The van der Waals surface area contributed by atoms with Crippen LogP contribution in [0.4, 0.5) is 0 Å². The van der Waals surface area contributed by atoms with Crippen LogP contribution in [0.15, 0.2) is 65.8 Å². The third kappa shape index (κ3) is 4.14. The minimum atomic E-state index is 0.0599. The van der Waals surface area contributed by atoms with Crippen molar-refractivity contribution in [3.63, 3.8) is 0 Å². The van der Waals surface area contributed by atoms with Gasteiger partial charge in [0.1, 0.15) is 5.82 Å². The number of carbonyl (C=O) groups excluding carboxylic acids is 1. The smallest absolute Gasteiger partial charge is 0.230 e. The fraction of sp³-hybridized carbons (Fsp3) is 0.250. The fourth-order valence-electron chi connectivity index (χ4n) is 2.75. The summed E-state index contributed by atoms with van der Waals surface area (Å²) >= 11 is 1.43. The molecule has 1 aromatic heterocycles. The van der Waals surface area contributed by atoms with Crippen molar-refractivity contribution in [2.75, 3.05) is 5.75 Å². The molecule has 5 nitrogen and oxygen atoms in total. The van der Waals surface area contributed by atoms with E-state index >= 15 is 0 Å².